The second kappa shape index (κ2) is 12.2. The Morgan fingerprint density at radius 3 is 1.67 bits per heavy atom. The standard InChI is InChI=1S/C44H36B4O/c1-3-4-12-25(2)27-20-22-35-34(23-27)29-21-19-28(24-36(29)49-35)38-41(45)43(47)40(44(48)42(38)46)39-32-17-10-8-15-30(32)37(26-13-6-5-7-14-26)31-16-9-11-18-33(31)39/h3-24H,45-48H2,1-2H3/b4-3-,25-12+. The molecule has 8 aromatic rings. The van der Waals surface area contributed by atoms with Crippen molar-refractivity contribution in [2.75, 3.05) is 0 Å². The van der Waals surface area contributed by atoms with Crippen LogP contribution in [0.1, 0.15) is 19.4 Å². The molecule has 0 fully saturated rings. The Kier molecular flexibility index (Phi) is 7.72. The first-order valence-electron chi connectivity index (χ1n) is 17.2. The normalized spacial score (nSPS) is 12.2. The predicted molar refractivity (Wildman–Crippen MR) is 226 cm³/mol. The van der Waals surface area contributed by atoms with E-state index in [0.717, 1.165) is 21.9 Å². The number of fused-ring (bicyclic) bond motifs is 5. The second-order valence-electron chi connectivity index (χ2n) is 13.4. The van der Waals surface area contributed by atoms with Crippen molar-refractivity contribution in [2.45, 2.75) is 13.8 Å². The predicted octanol–water partition coefficient (Wildman–Crippen LogP) is 5.91. The Hall–Kier alpha value is -5.40. The highest BCUT2D eigenvalue weighted by molar-refractivity contribution is 6.63. The smallest absolute Gasteiger partial charge is 0.139 e. The molecule has 0 bridgehead atoms. The molecule has 7 aromatic carbocycles. The molecule has 0 saturated carbocycles. The van der Waals surface area contributed by atoms with Crippen molar-refractivity contribution in [3.63, 3.8) is 0 Å². The summed E-state index contributed by atoms with van der Waals surface area (Å²) in [6, 6.07) is 42.0. The van der Waals surface area contributed by atoms with Crippen molar-refractivity contribution in [3.8, 4) is 33.4 Å². The molecule has 1 heterocycles. The lowest BCUT2D eigenvalue weighted by Gasteiger charge is -2.25. The molecule has 0 saturated heterocycles. The second-order valence-corrected chi connectivity index (χ2v) is 13.4. The average Bonchev–Trinajstić information content (AvgIpc) is 3.50. The number of hydrogen-bond acceptors (Lipinski definition) is 1. The highest BCUT2D eigenvalue weighted by atomic mass is 16.3. The average molecular weight is 624 g/mol. The summed E-state index contributed by atoms with van der Waals surface area (Å²) in [4.78, 5) is 0. The van der Waals surface area contributed by atoms with Gasteiger partial charge in [-0.2, -0.15) is 0 Å². The van der Waals surface area contributed by atoms with Gasteiger partial charge in [-0.25, -0.2) is 0 Å². The highest BCUT2D eigenvalue weighted by Crippen LogP contribution is 2.43. The van der Waals surface area contributed by atoms with E-state index in [2.05, 4.69) is 172 Å². The number of hydrogen-bond donors (Lipinski definition) is 0. The molecule has 0 spiro atoms. The van der Waals surface area contributed by atoms with Gasteiger partial charge >= 0.3 is 0 Å². The summed E-state index contributed by atoms with van der Waals surface area (Å²) in [7, 11) is 9.19. The van der Waals surface area contributed by atoms with Gasteiger partial charge in [-0.1, -0.05) is 131 Å². The van der Waals surface area contributed by atoms with Gasteiger partial charge in [0.25, 0.3) is 0 Å². The Balaban J connectivity index is 1.33. The summed E-state index contributed by atoms with van der Waals surface area (Å²) in [6.45, 7) is 4.20. The maximum atomic E-state index is 6.47. The molecule has 0 radical (unpaired) electrons. The quantitative estimate of drug-likeness (QED) is 0.132. The van der Waals surface area contributed by atoms with Crippen LogP contribution in [0.2, 0.25) is 0 Å². The highest BCUT2D eigenvalue weighted by Gasteiger charge is 2.22. The Bertz CT molecular complexity index is 2580. The van der Waals surface area contributed by atoms with E-state index >= 15 is 0 Å². The van der Waals surface area contributed by atoms with Crippen LogP contribution in [0.25, 0.3) is 82.4 Å². The minimum Gasteiger partial charge on any atom is -0.456 e. The van der Waals surface area contributed by atoms with Crippen LogP contribution in [0.5, 0.6) is 0 Å². The molecule has 1 nitrogen and oxygen atoms in total. The van der Waals surface area contributed by atoms with Crippen LogP contribution in [-0.4, -0.2) is 31.4 Å². The lowest BCUT2D eigenvalue weighted by Crippen LogP contribution is -2.44. The molecule has 0 amide bonds. The van der Waals surface area contributed by atoms with Crippen molar-refractivity contribution in [1.82, 2.24) is 0 Å². The zero-order chi connectivity index (χ0) is 33.8. The number of benzene rings is 7. The van der Waals surface area contributed by atoms with Crippen LogP contribution in [0.4, 0.5) is 0 Å². The minimum atomic E-state index is 0.920. The maximum absolute atomic E-state index is 6.47. The monoisotopic (exact) mass is 624 g/mol. The van der Waals surface area contributed by atoms with E-state index in [1.807, 2.05) is 6.92 Å². The molecule has 0 aliphatic rings. The molecule has 1 aromatic heterocycles. The zero-order valence-corrected chi connectivity index (χ0v) is 29.1. The van der Waals surface area contributed by atoms with Crippen molar-refractivity contribution < 1.29 is 4.42 Å². The lowest BCUT2D eigenvalue weighted by molar-refractivity contribution is 0.669. The molecule has 230 valence electrons. The molecule has 0 unspecified atom stereocenters. The summed E-state index contributed by atoms with van der Waals surface area (Å²) in [5.41, 5.74) is 17.2. The van der Waals surface area contributed by atoms with Crippen LogP contribution in [-0.2, 0) is 0 Å². The fourth-order valence-corrected chi connectivity index (χ4v) is 7.95. The van der Waals surface area contributed by atoms with E-state index in [9.17, 15) is 0 Å². The van der Waals surface area contributed by atoms with Gasteiger partial charge in [0.15, 0.2) is 0 Å². The van der Waals surface area contributed by atoms with Crippen LogP contribution in [0.15, 0.2) is 138 Å². The summed E-state index contributed by atoms with van der Waals surface area (Å²) < 4.78 is 6.47. The fraction of sp³-hybridized carbons (Fsp3) is 0.0455. The number of allylic oxidation sites excluding steroid dienone is 4. The van der Waals surface area contributed by atoms with Gasteiger partial charge in [0.2, 0.25) is 0 Å². The topological polar surface area (TPSA) is 13.1 Å². The SMILES string of the molecule is Bc1c(B)c(-c2c3ccccc3c(-c3ccccc3)c3ccccc23)c(B)c(B)c1-c1ccc2c(c1)oc1ccc(/C(C)=C/C=C\C)cc12. The minimum absolute atomic E-state index is 0.920. The van der Waals surface area contributed by atoms with Gasteiger partial charge < -0.3 is 4.42 Å². The molecule has 0 atom stereocenters. The third-order valence-corrected chi connectivity index (χ3v) is 10.6. The van der Waals surface area contributed by atoms with Crippen molar-refractivity contribution >= 4 is 102 Å². The van der Waals surface area contributed by atoms with Crippen LogP contribution in [0.3, 0.4) is 0 Å². The van der Waals surface area contributed by atoms with E-state index in [1.54, 1.807) is 0 Å². The third-order valence-electron chi connectivity index (χ3n) is 10.6. The van der Waals surface area contributed by atoms with Crippen molar-refractivity contribution in [2.24, 2.45) is 0 Å². The van der Waals surface area contributed by atoms with Gasteiger partial charge in [-0.05, 0) is 104 Å². The van der Waals surface area contributed by atoms with Crippen molar-refractivity contribution in [1.29, 1.82) is 0 Å². The maximum Gasteiger partial charge on any atom is 0.139 e. The van der Waals surface area contributed by atoms with E-state index < -0.39 is 0 Å². The Labute approximate surface area is 292 Å². The summed E-state index contributed by atoms with van der Waals surface area (Å²) in [5, 5.41) is 7.45. The zero-order valence-electron chi connectivity index (χ0n) is 29.1. The molecular formula is C44H36B4O. The molecule has 0 aliphatic carbocycles. The third kappa shape index (κ3) is 4.99. The first-order valence-corrected chi connectivity index (χ1v) is 17.2. The van der Waals surface area contributed by atoms with E-state index in [0.29, 0.717) is 0 Å². The Morgan fingerprint density at radius 2 is 1.06 bits per heavy atom. The van der Waals surface area contributed by atoms with Gasteiger partial charge in [0, 0.05) is 10.8 Å². The molecule has 0 aliphatic heterocycles. The number of rotatable bonds is 5. The van der Waals surface area contributed by atoms with Gasteiger partial charge in [0.05, 0.1) is 0 Å². The first-order chi connectivity index (χ1) is 23.9. The van der Waals surface area contributed by atoms with Crippen LogP contribution in [0, 0.1) is 0 Å². The summed E-state index contributed by atoms with van der Waals surface area (Å²) in [5.74, 6) is 0. The van der Waals surface area contributed by atoms with E-state index in [1.165, 1.54) is 87.9 Å². The number of furan rings is 1. The first kappa shape index (κ1) is 30.9. The molecular weight excluding hydrogens is 588 g/mol. The molecule has 8 rings (SSSR count). The van der Waals surface area contributed by atoms with E-state index in [-0.39, 0.29) is 0 Å². The van der Waals surface area contributed by atoms with Gasteiger partial charge in [-0.3, -0.25) is 0 Å². The van der Waals surface area contributed by atoms with Gasteiger partial charge in [-0.15, -0.1) is 0 Å². The molecule has 0 N–H and O–H groups in total. The molecule has 5 heteroatoms. The van der Waals surface area contributed by atoms with Crippen molar-refractivity contribution in [3.05, 3.63) is 139 Å². The fourth-order valence-electron chi connectivity index (χ4n) is 7.95. The summed E-state index contributed by atoms with van der Waals surface area (Å²) >= 11 is 0. The van der Waals surface area contributed by atoms with Gasteiger partial charge in [0.1, 0.15) is 42.6 Å². The van der Waals surface area contributed by atoms with E-state index in [4.69, 9.17) is 4.42 Å². The summed E-state index contributed by atoms with van der Waals surface area (Å²) in [6.07, 6.45) is 6.30. The lowest BCUT2D eigenvalue weighted by atomic mass is 9.61. The van der Waals surface area contributed by atoms with Crippen LogP contribution >= 0.6 is 0 Å². The van der Waals surface area contributed by atoms with Crippen LogP contribution < -0.4 is 21.9 Å². The Morgan fingerprint density at radius 1 is 0.490 bits per heavy atom. The molecule has 49 heavy (non-hydrogen) atoms. The largest absolute Gasteiger partial charge is 0.456 e.